The van der Waals surface area contributed by atoms with Crippen molar-refractivity contribution in [3.8, 4) is 0 Å². The van der Waals surface area contributed by atoms with Gasteiger partial charge in [-0.3, -0.25) is 0 Å². The molecule has 0 aromatic carbocycles. The highest BCUT2D eigenvalue weighted by Crippen LogP contribution is 2.58. The van der Waals surface area contributed by atoms with Crippen LogP contribution in [0.25, 0.3) is 0 Å². The van der Waals surface area contributed by atoms with Crippen LogP contribution in [0.1, 0.15) is 38.5 Å². The van der Waals surface area contributed by atoms with Crippen LogP contribution in [0.15, 0.2) is 0 Å². The van der Waals surface area contributed by atoms with Crippen molar-refractivity contribution in [1.29, 1.82) is 0 Å². The lowest BCUT2D eigenvalue weighted by Crippen LogP contribution is -2.62. The maximum atomic E-state index is 4.11. The Labute approximate surface area is 121 Å². The Bertz CT molecular complexity index is 411. The van der Waals surface area contributed by atoms with Gasteiger partial charge in [0.2, 0.25) is 0 Å². The van der Waals surface area contributed by atoms with E-state index >= 15 is 0 Å². The summed E-state index contributed by atoms with van der Waals surface area (Å²) < 4.78 is 2.66. The van der Waals surface area contributed by atoms with Gasteiger partial charge in [0.1, 0.15) is 12.1 Å². The molecule has 0 bridgehead atoms. The van der Waals surface area contributed by atoms with Gasteiger partial charge < -0.3 is 0 Å². The standard InChI is InChI=1S/C16H28N4/c1-2-6-19(5-1)13-10-14-16-12(9-11(17-19)15(13)16)18-20(14)7-3-4-8-20/h11-18H,1-10H2/q+2/t11-,12+,13+,14-,15+,16-. The van der Waals surface area contributed by atoms with E-state index in [0.29, 0.717) is 0 Å². The zero-order chi connectivity index (χ0) is 12.9. The van der Waals surface area contributed by atoms with Gasteiger partial charge in [0.25, 0.3) is 0 Å². The molecular formula is C16H28N4+2. The largest absolute Gasteiger partial charge is 0.243 e. The van der Waals surface area contributed by atoms with E-state index in [1.165, 1.54) is 73.9 Å². The van der Waals surface area contributed by atoms with Crippen LogP contribution >= 0.6 is 0 Å². The molecule has 6 fully saturated rings. The number of quaternary nitrogens is 2. The fourth-order valence-electron chi connectivity index (χ4n) is 7.65. The summed E-state index contributed by atoms with van der Waals surface area (Å²) in [6.45, 7) is 5.70. The highest BCUT2D eigenvalue weighted by Gasteiger charge is 2.75. The Balaban J connectivity index is 1.42. The summed E-state index contributed by atoms with van der Waals surface area (Å²) >= 11 is 0. The maximum absolute atomic E-state index is 4.11. The summed E-state index contributed by atoms with van der Waals surface area (Å²) in [6.07, 6.45) is 8.77. The second-order valence-corrected chi connectivity index (χ2v) is 8.61. The van der Waals surface area contributed by atoms with Crippen molar-refractivity contribution in [2.45, 2.75) is 62.7 Å². The monoisotopic (exact) mass is 276 g/mol. The highest BCUT2D eigenvalue weighted by molar-refractivity contribution is 5.13. The van der Waals surface area contributed by atoms with Crippen molar-refractivity contribution >= 4 is 0 Å². The van der Waals surface area contributed by atoms with Crippen LogP contribution in [0.3, 0.4) is 0 Å². The van der Waals surface area contributed by atoms with Crippen LogP contribution < -0.4 is 10.9 Å². The van der Waals surface area contributed by atoms with Crippen molar-refractivity contribution in [1.82, 2.24) is 10.9 Å². The van der Waals surface area contributed by atoms with Crippen molar-refractivity contribution in [2.75, 3.05) is 26.2 Å². The summed E-state index contributed by atoms with van der Waals surface area (Å²) in [5.74, 6) is 2.02. The number of nitrogens with zero attached hydrogens (tertiary/aromatic N) is 2. The highest BCUT2D eigenvalue weighted by atomic mass is 15.8. The second kappa shape index (κ2) is 3.43. The molecule has 4 saturated heterocycles. The van der Waals surface area contributed by atoms with E-state index in [0.717, 1.165) is 36.0 Å². The van der Waals surface area contributed by atoms with Crippen LogP contribution in [0.5, 0.6) is 0 Å². The molecule has 20 heavy (non-hydrogen) atoms. The molecule has 6 rings (SSSR count). The Kier molecular flexibility index (Phi) is 1.95. The van der Waals surface area contributed by atoms with Crippen LogP contribution in [-0.2, 0) is 0 Å². The van der Waals surface area contributed by atoms with E-state index in [4.69, 9.17) is 0 Å². The van der Waals surface area contributed by atoms with Crippen molar-refractivity contribution in [2.24, 2.45) is 11.8 Å². The number of nitrogens with one attached hydrogen (secondary N) is 2. The average Bonchev–Trinajstić information content (AvgIpc) is 3.19. The quantitative estimate of drug-likeness (QED) is 0.638. The number of rotatable bonds is 0. The van der Waals surface area contributed by atoms with Crippen LogP contribution in [0.2, 0.25) is 0 Å². The minimum absolute atomic E-state index is 0.841. The molecule has 2 N–H and O–H groups in total. The molecule has 4 heterocycles. The number of hydrogen-bond acceptors (Lipinski definition) is 2. The third kappa shape index (κ3) is 1.10. The van der Waals surface area contributed by atoms with Gasteiger partial charge in [0, 0.05) is 37.5 Å². The smallest absolute Gasteiger partial charge is 0.117 e. The SMILES string of the molecule is C1CC[N+]2(C1)N[C@H]1C[C@H]3N[N+]4(CCCC4)[C@H]4C[C@@H]2[C@@H]1[C@@H]34. The summed E-state index contributed by atoms with van der Waals surface area (Å²) in [4.78, 5) is 0. The first-order valence-electron chi connectivity index (χ1n) is 9.11. The lowest BCUT2D eigenvalue weighted by molar-refractivity contribution is -0.988. The molecule has 0 unspecified atom stereocenters. The lowest BCUT2D eigenvalue weighted by atomic mass is 9.93. The van der Waals surface area contributed by atoms with E-state index in [1.54, 1.807) is 0 Å². The molecule has 4 nitrogen and oxygen atoms in total. The van der Waals surface area contributed by atoms with Gasteiger partial charge in [0.15, 0.2) is 0 Å². The van der Waals surface area contributed by atoms with Gasteiger partial charge in [-0.15, -0.1) is 0 Å². The number of hydrogen-bond donors (Lipinski definition) is 2. The normalized spacial score (nSPS) is 56.4. The zero-order valence-electron chi connectivity index (χ0n) is 12.4. The minimum atomic E-state index is 0.841. The van der Waals surface area contributed by atoms with Crippen molar-refractivity contribution < 1.29 is 9.18 Å². The first kappa shape index (κ1) is 11.4. The van der Waals surface area contributed by atoms with Gasteiger partial charge >= 0.3 is 0 Å². The maximum Gasteiger partial charge on any atom is 0.117 e. The van der Waals surface area contributed by atoms with Crippen molar-refractivity contribution in [3.05, 3.63) is 0 Å². The Hall–Kier alpha value is -0.160. The minimum Gasteiger partial charge on any atom is -0.243 e. The Morgan fingerprint density at radius 2 is 1.05 bits per heavy atom. The molecule has 4 aliphatic heterocycles. The first-order chi connectivity index (χ1) is 9.81. The molecule has 0 aromatic heterocycles. The first-order valence-corrected chi connectivity index (χ1v) is 9.11. The molecule has 110 valence electrons. The van der Waals surface area contributed by atoms with Gasteiger partial charge in [-0.2, -0.15) is 10.9 Å². The van der Waals surface area contributed by atoms with E-state index in [-0.39, 0.29) is 0 Å². The topological polar surface area (TPSA) is 24.1 Å². The molecule has 2 spiro atoms. The van der Waals surface area contributed by atoms with E-state index in [1.807, 2.05) is 0 Å². The van der Waals surface area contributed by atoms with E-state index in [2.05, 4.69) is 10.9 Å². The summed E-state index contributed by atoms with van der Waals surface area (Å²) in [7, 11) is 0. The van der Waals surface area contributed by atoms with Gasteiger partial charge in [-0.1, -0.05) is 0 Å². The van der Waals surface area contributed by atoms with Gasteiger partial charge in [0.05, 0.1) is 44.7 Å². The zero-order valence-corrected chi connectivity index (χ0v) is 12.4. The van der Waals surface area contributed by atoms with Crippen molar-refractivity contribution in [3.63, 3.8) is 0 Å². The summed E-state index contributed by atoms with van der Waals surface area (Å²) in [5.41, 5.74) is 8.23. The van der Waals surface area contributed by atoms with Crippen LogP contribution in [0, 0.1) is 11.8 Å². The molecular weight excluding hydrogens is 248 g/mol. The predicted molar refractivity (Wildman–Crippen MR) is 76.1 cm³/mol. The fraction of sp³-hybridized carbons (Fsp3) is 1.00. The predicted octanol–water partition coefficient (Wildman–Crippen LogP) is 0.758. The molecule has 0 radical (unpaired) electrons. The molecule has 6 atom stereocenters. The van der Waals surface area contributed by atoms with Crippen LogP contribution in [-0.4, -0.2) is 59.5 Å². The molecule has 2 saturated carbocycles. The average molecular weight is 276 g/mol. The third-order valence-electron chi connectivity index (χ3n) is 8.10. The van der Waals surface area contributed by atoms with E-state index < -0.39 is 0 Å². The second-order valence-electron chi connectivity index (χ2n) is 8.61. The molecule has 6 aliphatic rings. The molecule has 0 aromatic rings. The fourth-order valence-corrected chi connectivity index (χ4v) is 7.65. The third-order valence-corrected chi connectivity index (χ3v) is 8.10. The summed E-state index contributed by atoms with van der Waals surface area (Å²) in [6, 6.07) is 3.63. The summed E-state index contributed by atoms with van der Waals surface area (Å²) in [5, 5.41) is 0. The van der Waals surface area contributed by atoms with E-state index in [9.17, 15) is 0 Å². The van der Waals surface area contributed by atoms with Crippen LogP contribution in [0.4, 0.5) is 0 Å². The molecule has 0 amide bonds. The Morgan fingerprint density at radius 3 is 1.50 bits per heavy atom. The number of fused-ring (bicyclic) bond motifs is 2. The molecule has 2 aliphatic carbocycles. The lowest BCUT2D eigenvalue weighted by Gasteiger charge is -2.39. The molecule has 4 heteroatoms. The van der Waals surface area contributed by atoms with Gasteiger partial charge in [-0.05, 0) is 6.42 Å². The Morgan fingerprint density at radius 1 is 0.600 bits per heavy atom. The van der Waals surface area contributed by atoms with Gasteiger partial charge in [-0.25, -0.2) is 9.18 Å².